The summed E-state index contributed by atoms with van der Waals surface area (Å²) in [6, 6.07) is 0. The molecule has 0 spiro atoms. The quantitative estimate of drug-likeness (QED) is 0.486. The molecule has 0 unspecified atom stereocenters. The van der Waals surface area contributed by atoms with Gasteiger partial charge in [0.05, 0.1) is 0 Å². The minimum absolute atomic E-state index is 0.106. The van der Waals surface area contributed by atoms with Gasteiger partial charge in [0.15, 0.2) is 0 Å². The van der Waals surface area contributed by atoms with Crippen LogP contribution in [0.2, 0.25) is 0 Å². The first-order valence-corrected chi connectivity index (χ1v) is 9.80. The molecule has 23 heavy (non-hydrogen) atoms. The van der Waals surface area contributed by atoms with Crippen molar-refractivity contribution in [3.8, 4) is 0 Å². The molecule has 4 rings (SSSR count). The van der Waals surface area contributed by atoms with Crippen molar-refractivity contribution in [3.05, 3.63) is 11.6 Å². The number of carbonyl (C=O) groups is 1. The highest BCUT2D eigenvalue weighted by molar-refractivity contribution is 5.66. The zero-order valence-electron chi connectivity index (χ0n) is 15.1. The fourth-order valence-corrected chi connectivity index (χ4v) is 6.82. The molecule has 0 N–H and O–H groups in total. The zero-order valence-corrected chi connectivity index (χ0v) is 15.1. The van der Waals surface area contributed by atoms with Crippen LogP contribution in [-0.4, -0.2) is 12.1 Å². The predicted octanol–water partition coefficient (Wildman–Crippen LogP) is 5.27. The van der Waals surface area contributed by atoms with Crippen molar-refractivity contribution in [2.24, 2.45) is 28.6 Å². The number of carbonyl (C=O) groups excluding carboxylic acids is 1. The topological polar surface area (TPSA) is 26.3 Å². The SMILES string of the molecule is CC(=O)O[C@@H]1CC[C@]2(C)C3=CC[C@]4(C)CCC[C@@H]4[C@H]3CC[C@H]2C1. The highest BCUT2D eigenvalue weighted by Crippen LogP contribution is 2.64. The van der Waals surface area contributed by atoms with Gasteiger partial charge in [0.25, 0.3) is 0 Å². The van der Waals surface area contributed by atoms with Crippen LogP contribution in [-0.2, 0) is 9.53 Å². The Bertz CT molecular complexity index is 536. The summed E-state index contributed by atoms with van der Waals surface area (Å²) in [5.41, 5.74) is 2.77. The molecule has 3 saturated carbocycles. The van der Waals surface area contributed by atoms with Gasteiger partial charge in [0.2, 0.25) is 0 Å². The van der Waals surface area contributed by atoms with Gasteiger partial charge in [-0.05, 0) is 80.0 Å². The lowest BCUT2D eigenvalue weighted by molar-refractivity contribution is -0.151. The molecule has 0 saturated heterocycles. The van der Waals surface area contributed by atoms with Crippen molar-refractivity contribution < 1.29 is 9.53 Å². The molecule has 2 heteroatoms. The number of ether oxygens (including phenoxy) is 1. The van der Waals surface area contributed by atoms with Crippen LogP contribution < -0.4 is 0 Å². The standard InChI is InChI=1S/C21H32O2/c1-14(22)23-16-8-12-21(3)15(13-16)6-7-17-18-5-4-10-20(18,2)11-9-19(17)21/h9,15-18H,4-8,10-13H2,1-3H3/t15-,16+,17+,18+,20-,21-/m0/s1. The van der Waals surface area contributed by atoms with E-state index in [-0.39, 0.29) is 12.1 Å². The third-order valence-corrected chi connectivity index (χ3v) is 8.08. The Kier molecular flexibility index (Phi) is 3.66. The number of hydrogen-bond donors (Lipinski definition) is 0. The molecule has 0 bridgehead atoms. The smallest absolute Gasteiger partial charge is 0.302 e. The third kappa shape index (κ3) is 2.39. The van der Waals surface area contributed by atoms with E-state index in [1.807, 2.05) is 0 Å². The van der Waals surface area contributed by atoms with Gasteiger partial charge in [-0.3, -0.25) is 4.79 Å². The lowest BCUT2D eigenvalue weighted by Gasteiger charge is -2.56. The summed E-state index contributed by atoms with van der Waals surface area (Å²) in [6.45, 7) is 6.62. The molecule has 0 amide bonds. The molecule has 0 aromatic carbocycles. The second-order valence-corrected chi connectivity index (χ2v) is 9.32. The monoisotopic (exact) mass is 316 g/mol. The highest BCUT2D eigenvalue weighted by Gasteiger charge is 2.54. The highest BCUT2D eigenvalue weighted by atomic mass is 16.5. The van der Waals surface area contributed by atoms with Crippen LogP contribution in [0.4, 0.5) is 0 Å². The Morgan fingerprint density at radius 1 is 1.17 bits per heavy atom. The second-order valence-electron chi connectivity index (χ2n) is 9.32. The first-order chi connectivity index (χ1) is 10.9. The lowest BCUT2D eigenvalue weighted by Crippen LogP contribution is -2.48. The van der Waals surface area contributed by atoms with Crippen molar-refractivity contribution in [2.75, 3.05) is 0 Å². The summed E-state index contributed by atoms with van der Waals surface area (Å²) in [5, 5.41) is 0. The Balaban J connectivity index is 1.58. The molecule has 128 valence electrons. The van der Waals surface area contributed by atoms with Gasteiger partial charge in [-0.25, -0.2) is 0 Å². The van der Waals surface area contributed by atoms with Gasteiger partial charge in [-0.2, -0.15) is 0 Å². The van der Waals surface area contributed by atoms with E-state index < -0.39 is 0 Å². The summed E-state index contributed by atoms with van der Waals surface area (Å²) in [4.78, 5) is 11.3. The van der Waals surface area contributed by atoms with E-state index in [1.54, 1.807) is 12.5 Å². The van der Waals surface area contributed by atoms with Crippen LogP contribution in [0.1, 0.15) is 78.6 Å². The van der Waals surface area contributed by atoms with Crippen LogP contribution >= 0.6 is 0 Å². The van der Waals surface area contributed by atoms with Crippen molar-refractivity contribution in [3.63, 3.8) is 0 Å². The maximum Gasteiger partial charge on any atom is 0.302 e. The van der Waals surface area contributed by atoms with Crippen LogP contribution in [0, 0.1) is 28.6 Å². The molecular formula is C21H32O2. The minimum Gasteiger partial charge on any atom is -0.463 e. The summed E-state index contributed by atoms with van der Waals surface area (Å²) in [5.74, 6) is 2.40. The van der Waals surface area contributed by atoms with Crippen LogP contribution in [0.3, 0.4) is 0 Å². The van der Waals surface area contributed by atoms with Gasteiger partial charge in [0.1, 0.15) is 6.10 Å². The maximum absolute atomic E-state index is 11.3. The van der Waals surface area contributed by atoms with E-state index >= 15 is 0 Å². The first kappa shape index (κ1) is 15.7. The molecule has 0 heterocycles. The van der Waals surface area contributed by atoms with Crippen molar-refractivity contribution in [2.45, 2.75) is 84.7 Å². The average Bonchev–Trinajstić information content (AvgIpc) is 2.89. The minimum atomic E-state index is -0.106. The number of esters is 1. The molecule has 2 nitrogen and oxygen atoms in total. The Hall–Kier alpha value is -0.790. The normalized spacial score (nSPS) is 48.7. The zero-order chi connectivity index (χ0) is 16.2. The van der Waals surface area contributed by atoms with E-state index in [0.717, 1.165) is 24.7 Å². The largest absolute Gasteiger partial charge is 0.463 e. The van der Waals surface area contributed by atoms with E-state index in [0.29, 0.717) is 16.7 Å². The molecule has 0 aliphatic heterocycles. The number of rotatable bonds is 1. The van der Waals surface area contributed by atoms with E-state index in [1.165, 1.54) is 44.9 Å². The second kappa shape index (κ2) is 5.36. The number of allylic oxidation sites excluding steroid dienone is 2. The molecular weight excluding hydrogens is 284 g/mol. The van der Waals surface area contributed by atoms with Gasteiger partial charge in [-0.15, -0.1) is 0 Å². The first-order valence-electron chi connectivity index (χ1n) is 9.80. The predicted molar refractivity (Wildman–Crippen MR) is 91.9 cm³/mol. The van der Waals surface area contributed by atoms with Gasteiger partial charge < -0.3 is 4.74 Å². The molecule has 6 atom stereocenters. The summed E-state index contributed by atoms with van der Waals surface area (Å²) in [7, 11) is 0. The van der Waals surface area contributed by atoms with Crippen LogP contribution in [0.15, 0.2) is 11.6 Å². The maximum atomic E-state index is 11.3. The third-order valence-electron chi connectivity index (χ3n) is 8.08. The van der Waals surface area contributed by atoms with E-state index in [4.69, 9.17) is 4.74 Å². The Morgan fingerprint density at radius 2 is 2.00 bits per heavy atom. The Labute approximate surface area is 141 Å². The molecule has 0 aromatic rings. The number of fused-ring (bicyclic) bond motifs is 5. The molecule has 4 aliphatic rings. The lowest BCUT2D eigenvalue weighted by atomic mass is 9.49. The van der Waals surface area contributed by atoms with Crippen molar-refractivity contribution >= 4 is 5.97 Å². The Morgan fingerprint density at radius 3 is 2.78 bits per heavy atom. The summed E-state index contributed by atoms with van der Waals surface area (Å²) >= 11 is 0. The summed E-state index contributed by atoms with van der Waals surface area (Å²) in [6.07, 6.45) is 14.5. The van der Waals surface area contributed by atoms with Gasteiger partial charge in [-0.1, -0.05) is 31.9 Å². The molecule has 3 fully saturated rings. The van der Waals surface area contributed by atoms with Crippen LogP contribution in [0.25, 0.3) is 0 Å². The van der Waals surface area contributed by atoms with Crippen LogP contribution in [0.5, 0.6) is 0 Å². The molecule has 0 radical (unpaired) electrons. The number of hydrogen-bond acceptors (Lipinski definition) is 2. The van der Waals surface area contributed by atoms with Gasteiger partial charge >= 0.3 is 5.97 Å². The van der Waals surface area contributed by atoms with E-state index in [2.05, 4.69) is 19.9 Å². The van der Waals surface area contributed by atoms with Crippen molar-refractivity contribution in [1.82, 2.24) is 0 Å². The molecule has 4 aliphatic carbocycles. The molecule has 0 aromatic heterocycles. The van der Waals surface area contributed by atoms with Crippen molar-refractivity contribution in [1.29, 1.82) is 0 Å². The summed E-state index contributed by atoms with van der Waals surface area (Å²) < 4.78 is 5.55. The van der Waals surface area contributed by atoms with E-state index in [9.17, 15) is 4.79 Å². The average molecular weight is 316 g/mol. The fraction of sp³-hybridized carbons (Fsp3) is 0.857. The van der Waals surface area contributed by atoms with Gasteiger partial charge in [0, 0.05) is 6.92 Å². The fourth-order valence-electron chi connectivity index (χ4n) is 6.82.